The molecule has 0 aromatic heterocycles. The topological polar surface area (TPSA) is 45.7 Å². The molecule has 124 valence electrons. The van der Waals surface area contributed by atoms with E-state index >= 15 is 0 Å². The van der Waals surface area contributed by atoms with Crippen LogP contribution in [0, 0.1) is 0 Å². The maximum Gasteiger partial charge on any atom is 0.190 e. The third-order valence-electron chi connectivity index (χ3n) is 4.05. The summed E-state index contributed by atoms with van der Waals surface area (Å²) in [6, 6.07) is 8.83. The van der Waals surface area contributed by atoms with Crippen molar-refractivity contribution in [3.8, 4) is 0 Å². The van der Waals surface area contributed by atoms with Crippen molar-refractivity contribution in [1.29, 1.82) is 0 Å². The van der Waals surface area contributed by atoms with Gasteiger partial charge in [0.2, 0.25) is 0 Å². The van der Waals surface area contributed by atoms with Gasteiger partial charge in [-0.25, -0.2) is 0 Å². The van der Waals surface area contributed by atoms with Crippen molar-refractivity contribution in [1.82, 2.24) is 10.6 Å². The van der Waals surface area contributed by atoms with Crippen molar-refractivity contribution in [3.05, 3.63) is 35.4 Å². The number of aliphatic imine (C=N–C) groups is 1. The molecule has 1 aromatic carbocycles. The van der Waals surface area contributed by atoms with Crippen LogP contribution in [0.15, 0.2) is 29.3 Å². The van der Waals surface area contributed by atoms with Crippen LogP contribution in [0.25, 0.3) is 0 Å². The maximum atomic E-state index is 5.05. The fraction of sp³-hybridized carbons (Fsp3) is 0.588. The summed E-state index contributed by atoms with van der Waals surface area (Å²) in [7, 11) is 3.55. The summed E-state index contributed by atoms with van der Waals surface area (Å²) in [4.78, 5) is 4.28. The number of halogens is 1. The molecular formula is C17H28IN3O. The molecule has 1 atom stereocenters. The molecule has 0 amide bonds. The molecule has 0 bridgehead atoms. The largest absolute Gasteiger partial charge is 0.385 e. The lowest BCUT2D eigenvalue weighted by atomic mass is 9.83. The number of nitrogens with one attached hydrogen (secondary N) is 2. The molecule has 0 saturated carbocycles. The highest BCUT2D eigenvalue weighted by Gasteiger charge is 2.19. The Hall–Kier alpha value is -0.820. The summed E-state index contributed by atoms with van der Waals surface area (Å²) in [5.74, 6) is 1.47. The number of nitrogens with zero attached hydrogens (tertiary/aromatic N) is 1. The Morgan fingerprint density at radius 3 is 2.91 bits per heavy atom. The van der Waals surface area contributed by atoms with E-state index in [-0.39, 0.29) is 24.0 Å². The zero-order valence-corrected chi connectivity index (χ0v) is 15.9. The van der Waals surface area contributed by atoms with E-state index in [1.165, 1.54) is 30.4 Å². The van der Waals surface area contributed by atoms with Gasteiger partial charge in [0.05, 0.1) is 0 Å². The van der Waals surface area contributed by atoms with E-state index < -0.39 is 0 Å². The molecule has 1 aliphatic rings. The molecule has 0 radical (unpaired) electrons. The van der Waals surface area contributed by atoms with Gasteiger partial charge in [-0.05, 0) is 36.8 Å². The first kappa shape index (κ1) is 19.2. The standard InChI is InChI=1S/C17H27N3O.HI/c1-18-17(19-11-6-12-21-2)20-13-15-9-5-8-14-7-3-4-10-16(14)15;/h3-4,7,10,15H,5-6,8-9,11-13H2,1-2H3,(H2,18,19,20);1H. The van der Waals surface area contributed by atoms with Crippen LogP contribution in [0.3, 0.4) is 0 Å². The third-order valence-corrected chi connectivity index (χ3v) is 4.05. The second-order valence-corrected chi connectivity index (χ2v) is 5.51. The molecular weight excluding hydrogens is 389 g/mol. The zero-order valence-electron chi connectivity index (χ0n) is 13.6. The molecule has 2 N–H and O–H groups in total. The van der Waals surface area contributed by atoms with Crippen LogP contribution >= 0.6 is 24.0 Å². The monoisotopic (exact) mass is 417 g/mol. The number of benzene rings is 1. The quantitative estimate of drug-likeness (QED) is 0.324. The first-order valence-corrected chi connectivity index (χ1v) is 7.86. The smallest absolute Gasteiger partial charge is 0.190 e. The first-order valence-electron chi connectivity index (χ1n) is 7.86. The van der Waals surface area contributed by atoms with Crippen molar-refractivity contribution < 1.29 is 4.74 Å². The van der Waals surface area contributed by atoms with Crippen molar-refractivity contribution in [2.24, 2.45) is 4.99 Å². The molecule has 1 aliphatic carbocycles. The highest BCUT2D eigenvalue weighted by molar-refractivity contribution is 14.0. The van der Waals surface area contributed by atoms with Crippen LogP contribution in [0.5, 0.6) is 0 Å². The van der Waals surface area contributed by atoms with E-state index in [1.54, 1.807) is 7.11 Å². The van der Waals surface area contributed by atoms with Crippen LogP contribution in [-0.4, -0.2) is 39.8 Å². The molecule has 22 heavy (non-hydrogen) atoms. The highest BCUT2D eigenvalue weighted by Crippen LogP contribution is 2.30. The number of ether oxygens (including phenoxy) is 1. The summed E-state index contributed by atoms with van der Waals surface area (Å²) in [6.45, 7) is 2.61. The zero-order chi connectivity index (χ0) is 14.9. The van der Waals surface area contributed by atoms with Crippen LogP contribution in [-0.2, 0) is 11.2 Å². The summed E-state index contributed by atoms with van der Waals surface area (Å²) >= 11 is 0. The van der Waals surface area contributed by atoms with E-state index in [0.29, 0.717) is 5.92 Å². The van der Waals surface area contributed by atoms with Crippen LogP contribution < -0.4 is 10.6 Å². The Morgan fingerprint density at radius 2 is 2.14 bits per heavy atom. The van der Waals surface area contributed by atoms with Crippen molar-refractivity contribution >= 4 is 29.9 Å². The first-order chi connectivity index (χ1) is 10.3. The lowest BCUT2D eigenvalue weighted by Crippen LogP contribution is -2.40. The minimum atomic E-state index is 0. The Labute approximate surface area is 151 Å². The predicted octanol–water partition coefficient (Wildman–Crippen LogP) is 2.93. The predicted molar refractivity (Wildman–Crippen MR) is 103 cm³/mol. The van der Waals surface area contributed by atoms with Gasteiger partial charge in [0, 0.05) is 39.8 Å². The number of guanidine groups is 1. The average molecular weight is 417 g/mol. The number of hydrogen-bond donors (Lipinski definition) is 2. The van der Waals surface area contributed by atoms with Gasteiger partial charge >= 0.3 is 0 Å². The van der Waals surface area contributed by atoms with Gasteiger partial charge in [0.1, 0.15) is 0 Å². The van der Waals surface area contributed by atoms with E-state index in [2.05, 4.69) is 39.9 Å². The van der Waals surface area contributed by atoms with Gasteiger partial charge in [-0.15, -0.1) is 24.0 Å². The fourth-order valence-corrected chi connectivity index (χ4v) is 2.93. The average Bonchev–Trinajstić information content (AvgIpc) is 2.54. The van der Waals surface area contributed by atoms with Crippen molar-refractivity contribution in [2.45, 2.75) is 31.6 Å². The van der Waals surface area contributed by atoms with Gasteiger partial charge in [-0.1, -0.05) is 24.3 Å². The Bertz CT molecular complexity index is 465. The number of rotatable bonds is 6. The highest BCUT2D eigenvalue weighted by atomic mass is 127. The summed E-state index contributed by atoms with van der Waals surface area (Å²) in [5, 5.41) is 6.78. The SMILES string of the molecule is CN=C(NCCCOC)NCC1CCCc2ccccc21.I. The second-order valence-electron chi connectivity index (χ2n) is 5.51. The van der Waals surface area contributed by atoms with Gasteiger partial charge in [-0.3, -0.25) is 4.99 Å². The normalized spacial score (nSPS) is 17.4. The van der Waals surface area contributed by atoms with Crippen molar-refractivity contribution in [2.75, 3.05) is 33.9 Å². The number of methoxy groups -OCH3 is 1. The van der Waals surface area contributed by atoms with Crippen LogP contribution in [0.1, 0.15) is 36.3 Å². The lowest BCUT2D eigenvalue weighted by molar-refractivity contribution is 0.195. The molecule has 5 heteroatoms. The van der Waals surface area contributed by atoms with Gasteiger partial charge in [0.15, 0.2) is 5.96 Å². The van der Waals surface area contributed by atoms with E-state index in [0.717, 1.165) is 32.1 Å². The maximum absolute atomic E-state index is 5.05. The van der Waals surface area contributed by atoms with Gasteiger partial charge in [-0.2, -0.15) is 0 Å². The second kappa shape index (κ2) is 10.8. The number of hydrogen-bond acceptors (Lipinski definition) is 2. The molecule has 0 fully saturated rings. The molecule has 1 aromatic rings. The minimum absolute atomic E-state index is 0. The Balaban J connectivity index is 0.00000242. The molecule has 2 rings (SSSR count). The minimum Gasteiger partial charge on any atom is -0.385 e. The van der Waals surface area contributed by atoms with Crippen molar-refractivity contribution in [3.63, 3.8) is 0 Å². The van der Waals surface area contributed by atoms with Crippen LogP contribution in [0.4, 0.5) is 0 Å². The number of aryl methyl sites for hydroxylation is 1. The van der Waals surface area contributed by atoms with Gasteiger partial charge in [0.25, 0.3) is 0 Å². The van der Waals surface area contributed by atoms with Crippen LogP contribution in [0.2, 0.25) is 0 Å². The van der Waals surface area contributed by atoms with E-state index in [4.69, 9.17) is 4.74 Å². The number of fused-ring (bicyclic) bond motifs is 1. The molecule has 1 unspecified atom stereocenters. The fourth-order valence-electron chi connectivity index (χ4n) is 2.93. The van der Waals surface area contributed by atoms with E-state index in [1.807, 2.05) is 7.05 Å². The molecule has 0 heterocycles. The molecule has 0 saturated heterocycles. The summed E-state index contributed by atoms with van der Waals surface area (Å²) < 4.78 is 5.05. The third kappa shape index (κ3) is 5.76. The molecule has 4 nitrogen and oxygen atoms in total. The summed E-state index contributed by atoms with van der Waals surface area (Å²) in [5.41, 5.74) is 3.02. The Kier molecular flexibility index (Phi) is 9.47. The van der Waals surface area contributed by atoms with E-state index in [9.17, 15) is 0 Å². The lowest BCUT2D eigenvalue weighted by Gasteiger charge is -2.26. The Morgan fingerprint density at radius 1 is 1.32 bits per heavy atom. The molecule has 0 spiro atoms. The van der Waals surface area contributed by atoms with Gasteiger partial charge < -0.3 is 15.4 Å². The summed E-state index contributed by atoms with van der Waals surface area (Å²) in [6.07, 6.45) is 4.74. The molecule has 0 aliphatic heterocycles.